The molecule has 4 aromatic rings. The second-order valence-corrected chi connectivity index (χ2v) is 9.47. The van der Waals surface area contributed by atoms with Gasteiger partial charge in [-0.3, -0.25) is 9.78 Å². The summed E-state index contributed by atoms with van der Waals surface area (Å²) in [6, 6.07) is 6.10. The number of hydrogen-bond acceptors (Lipinski definition) is 6. The fourth-order valence-electron chi connectivity index (χ4n) is 4.97. The summed E-state index contributed by atoms with van der Waals surface area (Å²) in [6.07, 6.45) is 0.426. The van der Waals surface area contributed by atoms with Gasteiger partial charge in [0.25, 0.3) is 6.43 Å². The SMILES string of the molecule is Cc1ccc2[nH]nc(C)c2c1-c1nc2c(c(OCC(F)F)n1)CN(c1cc(C3CC3)nn1C)CC2. The number of aryl methyl sites for hydroxylation is 3. The number of ether oxygens (including phenoxy) is 1. The zero-order chi connectivity index (χ0) is 24.3. The summed E-state index contributed by atoms with van der Waals surface area (Å²) in [5.74, 6) is 2.26. The van der Waals surface area contributed by atoms with Crippen molar-refractivity contribution in [1.29, 1.82) is 0 Å². The van der Waals surface area contributed by atoms with Crippen LogP contribution in [0.25, 0.3) is 22.3 Å². The molecule has 1 fully saturated rings. The van der Waals surface area contributed by atoms with Crippen molar-refractivity contribution in [2.45, 2.75) is 52.0 Å². The first-order chi connectivity index (χ1) is 16.9. The van der Waals surface area contributed by atoms with Gasteiger partial charge in [-0.05, 0) is 38.3 Å². The Kier molecular flexibility index (Phi) is 5.19. The number of hydrogen-bond donors (Lipinski definition) is 1. The summed E-state index contributed by atoms with van der Waals surface area (Å²) >= 11 is 0. The third-order valence-electron chi connectivity index (χ3n) is 6.91. The van der Waals surface area contributed by atoms with Gasteiger partial charge in [-0.25, -0.2) is 13.8 Å². The van der Waals surface area contributed by atoms with E-state index in [1.165, 1.54) is 12.8 Å². The molecular formula is C25H27F2N7O. The van der Waals surface area contributed by atoms with E-state index in [1.807, 2.05) is 37.7 Å². The lowest BCUT2D eigenvalue weighted by Gasteiger charge is -2.30. The lowest BCUT2D eigenvalue weighted by atomic mass is 10.0. The smallest absolute Gasteiger partial charge is 0.272 e. The molecule has 0 bridgehead atoms. The Morgan fingerprint density at radius 3 is 2.80 bits per heavy atom. The van der Waals surface area contributed by atoms with Crippen molar-refractivity contribution in [1.82, 2.24) is 29.9 Å². The zero-order valence-electron chi connectivity index (χ0n) is 20.0. The fourth-order valence-corrected chi connectivity index (χ4v) is 4.97. The largest absolute Gasteiger partial charge is 0.471 e. The van der Waals surface area contributed by atoms with Crippen molar-refractivity contribution < 1.29 is 13.5 Å². The number of halogens is 2. The van der Waals surface area contributed by atoms with Crippen molar-refractivity contribution in [3.8, 4) is 17.3 Å². The van der Waals surface area contributed by atoms with Crippen LogP contribution in [0.2, 0.25) is 0 Å². The van der Waals surface area contributed by atoms with E-state index in [2.05, 4.69) is 26.3 Å². The molecule has 1 aliphatic carbocycles. The highest BCUT2D eigenvalue weighted by molar-refractivity contribution is 5.96. The number of aromatic nitrogens is 6. The molecule has 35 heavy (non-hydrogen) atoms. The van der Waals surface area contributed by atoms with Gasteiger partial charge < -0.3 is 9.64 Å². The molecule has 0 amide bonds. The van der Waals surface area contributed by atoms with E-state index in [0.29, 0.717) is 24.7 Å². The quantitative estimate of drug-likeness (QED) is 0.440. The van der Waals surface area contributed by atoms with E-state index >= 15 is 0 Å². The number of nitrogens with one attached hydrogen (secondary N) is 1. The van der Waals surface area contributed by atoms with Crippen LogP contribution in [0.5, 0.6) is 5.88 Å². The van der Waals surface area contributed by atoms with Crippen LogP contribution in [0, 0.1) is 13.8 Å². The summed E-state index contributed by atoms with van der Waals surface area (Å²) in [4.78, 5) is 11.8. The maximum absolute atomic E-state index is 13.1. The van der Waals surface area contributed by atoms with Gasteiger partial charge in [0.2, 0.25) is 5.88 Å². The highest BCUT2D eigenvalue weighted by atomic mass is 19.3. The van der Waals surface area contributed by atoms with Crippen LogP contribution in [0.3, 0.4) is 0 Å². The first-order valence-electron chi connectivity index (χ1n) is 11.9. The van der Waals surface area contributed by atoms with Crippen LogP contribution in [-0.2, 0) is 20.0 Å². The van der Waals surface area contributed by atoms with Crippen molar-refractivity contribution in [3.63, 3.8) is 0 Å². The average Bonchev–Trinajstić information content (AvgIpc) is 3.52. The summed E-state index contributed by atoms with van der Waals surface area (Å²) in [5.41, 5.74) is 6.26. The topological polar surface area (TPSA) is 84.8 Å². The first kappa shape index (κ1) is 21.9. The van der Waals surface area contributed by atoms with Crippen molar-refractivity contribution in [2.24, 2.45) is 7.05 Å². The molecule has 10 heteroatoms. The average molecular weight is 480 g/mol. The Morgan fingerprint density at radius 1 is 1.20 bits per heavy atom. The lowest BCUT2D eigenvalue weighted by molar-refractivity contribution is 0.0789. The molecule has 1 aliphatic heterocycles. The molecule has 6 rings (SSSR count). The Hall–Kier alpha value is -3.56. The van der Waals surface area contributed by atoms with Gasteiger partial charge in [0.15, 0.2) is 12.4 Å². The number of H-pyrrole nitrogens is 1. The summed E-state index contributed by atoms with van der Waals surface area (Å²) in [6.45, 7) is 4.43. The molecule has 1 aromatic carbocycles. The third kappa shape index (κ3) is 3.90. The molecule has 4 heterocycles. The number of alkyl halides is 2. The van der Waals surface area contributed by atoms with Crippen molar-refractivity contribution in [3.05, 3.63) is 46.4 Å². The van der Waals surface area contributed by atoms with E-state index in [9.17, 15) is 8.78 Å². The van der Waals surface area contributed by atoms with Crippen LogP contribution >= 0.6 is 0 Å². The minimum atomic E-state index is -2.59. The standard InChI is InChI=1S/C25H27F2N7O/c1-13-4-7-18-23(14(2)30-31-18)22(13)24-28-17-8-9-34(11-16(17)25(29-24)35-12-20(26)27)21-10-19(15-5-6-15)32-33(21)3/h4,7,10,15,20H,5-6,8-9,11-12H2,1-3H3,(H,30,31). The molecule has 2 aliphatic rings. The van der Waals surface area contributed by atoms with Crippen molar-refractivity contribution in [2.75, 3.05) is 18.1 Å². The van der Waals surface area contributed by atoms with E-state index < -0.39 is 13.0 Å². The predicted octanol–water partition coefficient (Wildman–Crippen LogP) is 4.45. The zero-order valence-corrected chi connectivity index (χ0v) is 20.0. The Morgan fingerprint density at radius 2 is 2.03 bits per heavy atom. The second kappa shape index (κ2) is 8.28. The fraction of sp³-hybridized carbons (Fsp3) is 0.440. The van der Waals surface area contributed by atoms with Gasteiger partial charge in [0.1, 0.15) is 5.82 Å². The molecule has 182 valence electrons. The Balaban J connectivity index is 1.43. The minimum absolute atomic E-state index is 0.220. The lowest BCUT2D eigenvalue weighted by Crippen LogP contribution is -2.33. The molecule has 0 radical (unpaired) electrons. The normalized spacial score (nSPS) is 15.8. The Labute approximate surface area is 201 Å². The van der Waals surface area contributed by atoms with Crippen LogP contribution < -0.4 is 9.64 Å². The molecular weight excluding hydrogens is 452 g/mol. The van der Waals surface area contributed by atoms with Crippen LogP contribution in [0.15, 0.2) is 18.2 Å². The predicted molar refractivity (Wildman–Crippen MR) is 128 cm³/mol. The minimum Gasteiger partial charge on any atom is -0.471 e. The molecule has 0 atom stereocenters. The second-order valence-electron chi connectivity index (χ2n) is 9.47. The summed E-state index contributed by atoms with van der Waals surface area (Å²) in [7, 11) is 1.95. The Bertz CT molecular complexity index is 1420. The van der Waals surface area contributed by atoms with Crippen molar-refractivity contribution >= 4 is 16.7 Å². The summed E-state index contributed by atoms with van der Waals surface area (Å²) < 4.78 is 33.8. The molecule has 8 nitrogen and oxygen atoms in total. The van der Waals surface area contributed by atoms with Crippen LogP contribution in [0.4, 0.5) is 14.6 Å². The highest BCUT2D eigenvalue weighted by Crippen LogP contribution is 2.41. The maximum Gasteiger partial charge on any atom is 0.272 e. The molecule has 0 unspecified atom stereocenters. The molecule has 0 saturated heterocycles. The molecule has 3 aromatic heterocycles. The molecule has 1 N–H and O–H groups in total. The van der Waals surface area contributed by atoms with Crippen LogP contribution in [0.1, 0.15) is 47.0 Å². The third-order valence-corrected chi connectivity index (χ3v) is 6.91. The highest BCUT2D eigenvalue weighted by Gasteiger charge is 2.30. The van der Waals surface area contributed by atoms with Gasteiger partial charge in [-0.15, -0.1) is 0 Å². The number of anilines is 1. The van der Waals surface area contributed by atoms with E-state index in [0.717, 1.165) is 57.0 Å². The number of fused-ring (bicyclic) bond motifs is 2. The van der Waals surface area contributed by atoms with Crippen LogP contribution in [-0.4, -0.2) is 49.5 Å². The molecule has 0 spiro atoms. The van der Waals surface area contributed by atoms with Gasteiger partial charge in [0.05, 0.1) is 34.7 Å². The van der Waals surface area contributed by atoms with E-state index in [4.69, 9.17) is 14.7 Å². The summed E-state index contributed by atoms with van der Waals surface area (Å²) in [5, 5.41) is 13.0. The van der Waals surface area contributed by atoms with Gasteiger partial charge in [-0.2, -0.15) is 15.2 Å². The van der Waals surface area contributed by atoms with Gasteiger partial charge >= 0.3 is 0 Å². The number of rotatable bonds is 6. The first-order valence-corrected chi connectivity index (χ1v) is 11.9. The van der Waals surface area contributed by atoms with E-state index in [-0.39, 0.29) is 5.88 Å². The van der Waals surface area contributed by atoms with E-state index in [1.54, 1.807) is 0 Å². The monoisotopic (exact) mass is 479 g/mol. The van der Waals surface area contributed by atoms with Gasteiger partial charge in [-0.1, -0.05) is 6.07 Å². The number of aromatic amines is 1. The molecule has 1 saturated carbocycles. The maximum atomic E-state index is 13.1. The number of benzene rings is 1. The van der Waals surface area contributed by atoms with Gasteiger partial charge in [0, 0.05) is 42.9 Å². The number of nitrogens with zero attached hydrogens (tertiary/aromatic N) is 6.